The number of hydrogen-bond donors (Lipinski definition) is 4. The molecule has 3 aromatic rings. The van der Waals surface area contributed by atoms with Crippen LogP contribution >= 0.6 is 0 Å². The molecule has 1 saturated heterocycles. The number of ether oxygens (including phenoxy) is 1. The van der Waals surface area contributed by atoms with E-state index in [1.54, 1.807) is 24.3 Å². The third-order valence-electron chi connectivity index (χ3n) is 4.95. The van der Waals surface area contributed by atoms with E-state index in [1.165, 1.54) is 0 Å². The fourth-order valence-corrected chi connectivity index (χ4v) is 3.57. The van der Waals surface area contributed by atoms with E-state index in [2.05, 4.69) is 9.97 Å². The number of H-pyrrole nitrogens is 1. The number of fused-ring (bicyclic) bond motifs is 1. The Bertz CT molecular complexity index is 1270. The van der Waals surface area contributed by atoms with Crippen LogP contribution in [0.4, 0.5) is 10.3 Å². The Kier molecular flexibility index (Phi) is 4.86. The number of nitrogens with zero attached hydrogens (tertiary/aromatic N) is 4. The minimum atomic E-state index is -1.95. The molecule has 2 aromatic heterocycles. The lowest BCUT2D eigenvalue weighted by atomic mass is 10.1. The van der Waals surface area contributed by atoms with E-state index in [-0.39, 0.29) is 23.7 Å². The van der Waals surface area contributed by atoms with Crippen molar-refractivity contribution in [2.24, 2.45) is 0 Å². The molecule has 1 aliphatic rings. The smallest absolute Gasteiger partial charge is 0.333 e. The van der Waals surface area contributed by atoms with Crippen molar-refractivity contribution in [3.63, 3.8) is 0 Å². The fourth-order valence-electron chi connectivity index (χ4n) is 3.57. The van der Waals surface area contributed by atoms with Crippen molar-refractivity contribution in [2.75, 3.05) is 12.3 Å². The summed E-state index contributed by atoms with van der Waals surface area (Å²) in [6, 6.07) is 8.41. The second-order valence-corrected chi connectivity index (χ2v) is 6.86. The van der Waals surface area contributed by atoms with E-state index < -0.39 is 42.5 Å². The predicted octanol–water partition coefficient (Wildman–Crippen LogP) is -1.02. The quantitative estimate of drug-likeness (QED) is 0.418. The van der Waals surface area contributed by atoms with E-state index in [0.29, 0.717) is 11.1 Å². The van der Waals surface area contributed by atoms with Crippen molar-refractivity contribution in [3.05, 3.63) is 56.2 Å². The molecule has 11 nitrogen and oxygen atoms in total. The van der Waals surface area contributed by atoms with Gasteiger partial charge in [0, 0.05) is 0 Å². The lowest BCUT2D eigenvalue weighted by Gasteiger charge is -2.15. The van der Waals surface area contributed by atoms with Gasteiger partial charge in [-0.2, -0.15) is 10.2 Å². The van der Waals surface area contributed by atoms with Gasteiger partial charge in [-0.15, -0.1) is 0 Å². The van der Waals surface area contributed by atoms with Crippen molar-refractivity contribution in [2.45, 2.75) is 31.2 Å². The number of nitrogens with two attached hydrogens (primary N) is 1. The Morgan fingerprint density at radius 1 is 1.40 bits per heavy atom. The Morgan fingerprint density at radius 2 is 2.17 bits per heavy atom. The van der Waals surface area contributed by atoms with Crippen molar-refractivity contribution in [1.29, 1.82) is 5.26 Å². The first-order valence-electron chi connectivity index (χ1n) is 8.93. The Balaban J connectivity index is 1.92. The molecule has 0 spiro atoms. The van der Waals surface area contributed by atoms with E-state index in [1.807, 2.05) is 6.07 Å². The summed E-state index contributed by atoms with van der Waals surface area (Å²) in [6.45, 7) is -0.808. The van der Waals surface area contributed by atoms with Crippen LogP contribution in [0.5, 0.6) is 0 Å². The molecule has 4 atom stereocenters. The largest absolute Gasteiger partial charge is 0.394 e. The number of hydrogen-bond acceptors (Lipinski definition) is 8. The maximum absolute atomic E-state index is 14.2. The number of aromatic nitrogens is 4. The van der Waals surface area contributed by atoms with Gasteiger partial charge in [0.05, 0.1) is 24.8 Å². The van der Waals surface area contributed by atoms with Gasteiger partial charge in [0.25, 0.3) is 5.56 Å². The highest BCUT2D eigenvalue weighted by atomic mass is 19.1. The Hall–Kier alpha value is -3.53. The van der Waals surface area contributed by atoms with E-state index in [4.69, 9.17) is 15.7 Å². The molecule has 0 amide bonds. The van der Waals surface area contributed by atoms with Gasteiger partial charge in [-0.3, -0.25) is 14.3 Å². The molecule has 1 fully saturated rings. The molecule has 4 rings (SSSR count). The molecule has 0 saturated carbocycles. The van der Waals surface area contributed by atoms with Crippen LogP contribution in [0.2, 0.25) is 0 Å². The number of nitrogen functional groups attached to an aromatic ring is 1. The summed E-state index contributed by atoms with van der Waals surface area (Å²) in [4.78, 5) is 32.0. The van der Waals surface area contributed by atoms with Crippen LogP contribution in [0.15, 0.2) is 33.9 Å². The second kappa shape index (κ2) is 7.38. The molecule has 156 valence electrons. The van der Waals surface area contributed by atoms with E-state index in [9.17, 15) is 24.2 Å². The van der Waals surface area contributed by atoms with Gasteiger partial charge >= 0.3 is 5.69 Å². The second-order valence-electron chi connectivity index (χ2n) is 6.86. The third kappa shape index (κ3) is 3.05. The number of aromatic amines is 1. The van der Waals surface area contributed by atoms with Gasteiger partial charge in [0.1, 0.15) is 12.2 Å². The van der Waals surface area contributed by atoms with Crippen LogP contribution in [-0.4, -0.2) is 54.3 Å². The summed E-state index contributed by atoms with van der Waals surface area (Å²) in [5, 5.41) is 28.6. The molecule has 3 heterocycles. The summed E-state index contributed by atoms with van der Waals surface area (Å²) in [5.41, 5.74) is 4.65. The highest BCUT2D eigenvalue weighted by Crippen LogP contribution is 2.32. The summed E-state index contributed by atoms with van der Waals surface area (Å²) in [7, 11) is 0. The van der Waals surface area contributed by atoms with Crippen LogP contribution in [-0.2, 0) is 11.3 Å². The first-order valence-corrected chi connectivity index (χ1v) is 8.93. The van der Waals surface area contributed by atoms with Crippen LogP contribution in [0.3, 0.4) is 0 Å². The van der Waals surface area contributed by atoms with Gasteiger partial charge in [-0.05, 0) is 17.7 Å². The van der Waals surface area contributed by atoms with Crippen molar-refractivity contribution in [3.8, 4) is 6.07 Å². The van der Waals surface area contributed by atoms with Gasteiger partial charge in [0.15, 0.2) is 23.6 Å². The molecule has 1 aromatic carbocycles. The predicted molar refractivity (Wildman–Crippen MR) is 101 cm³/mol. The van der Waals surface area contributed by atoms with Crippen LogP contribution in [0, 0.1) is 11.3 Å². The molecular formula is C18H17FN6O5. The molecule has 1 aliphatic heterocycles. The number of aliphatic hydroxyl groups is 2. The Labute approximate surface area is 167 Å². The number of imidazole rings is 1. The molecule has 30 heavy (non-hydrogen) atoms. The lowest BCUT2D eigenvalue weighted by molar-refractivity contribution is -0.0513. The zero-order valence-electron chi connectivity index (χ0n) is 15.4. The van der Waals surface area contributed by atoms with Gasteiger partial charge < -0.3 is 20.7 Å². The fraction of sp³-hybridized carbons (Fsp3) is 0.333. The number of nitriles is 1. The lowest BCUT2D eigenvalue weighted by Crippen LogP contribution is -2.34. The van der Waals surface area contributed by atoms with Crippen molar-refractivity contribution in [1.82, 2.24) is 19.1 Å². The van der Waals surface area contributed by atoms with Crippen LogP contribution in [0.1, 0.15) is 17.4 Å². The molecule has 0 radical (unpaired) electrons. The maximum Gasteiger partial charge on any atom is 0.333 e. The standard InChI is InChI=1S/C18H17FN6O5/c19-11-10(7-26)30-16(13(11)27)25-14-12(15(28)23-17(21)22-14)24(18(25)29)6-9-3-1-2-8(4-9)5-20/h1-4,10-11,13,16,26-27H,6-7H2,(H3,21,22,23,28)/t10-,11-,13-,16-/m1/s1. The maximum atomic E-state index is 14.2. The van der Waals surface area contributed by atoms with Crippen molar-refractivity contribution < 1.29 is 19.3 Å². The molecule has 0 bridgehead atoms. The molecule has 0 aliphatic carbocycles. The minimum Gasteiger partial charge on any atom is -0.394 e. The van der Waals surface area contributed by atoms with Gasteiger partial charge in [0.2, 0.25) is 5.95 Å². The molecular weight excluding hydrogens is 399 g/mol. The van der Waals surface area contributed by atoms with E-state index >= 15 is 0 Å². The SMILES string of the molecule is N#Cc1cccc(Cn2c(=O)n([C@@H]3O[C@H](CO)[C@@H](F)[C@H]3O)c3nc(N)[nH]c(=O)c32)c1. The number of anilines is 1. The topological polar surface area (TPSA) is 172 Å². The molecule has 12 heteroatoms. The summed E-state index contributed by atoms with van der Waals surface area (Å²) in [5.74, 6) is -0.284. The van der Waals surface area contributed by atoms with Gasteiger partial charge in [-0.25, -0.2) is 13.8 Å². The molecule has 5 N–H and O–H groups in total. The minimum absolute atomic E-state index is 0.0994. The first-order chi connectivity index (χ1) is 14.3. The zero-order chi connectivity index (χ0) is 21.6. The average Bonchev–Trinajstić information content (AvgIpc) is 3.15. The Morgan fingerprint density at radius 3 is 2.83 bits per heavy atom. The number of benzene rings is 1. The monoisotopic (exact) mass is 416 g/mol. The summed E-state index contributed by atoms with van der Waals surface area (Å²) < 4.78 is 21.5. The molecule has 0 unspecified atom stereocenters. The summed E-state index contributed by atoms with van der Waals surface area (Å²) in [6.07, 6.45) is -6.59. The number of aliphatic hydroxyl groups excluding tert-OH is 2. The average molecular weight is 416 g/mol. The zero-order valence-corrected chi connectivity index (χ0v) is 15.4. The van der Waals surface area contributed by atoms with Crippen LogP contribution < -0.4 is 17.0 Å². The highest BCUT2D eigenvalue weighted by molar-refractivity contribution is 5.72. The number of alkyl halides is 1. The van der Waals surface area contributed by atoms with Crippen LogP contribution in [0.25, 0.3) is 11.2 Å². The number of halogens is 1. The number of nitrogens with one attached hydrogen (secondary N) is 1. The number of rotatable bonds is 4. The van der Waals surface area contributed by atoms with Gasteiger partial charge in [-0.1, -0.05) is 12.1 Å². The normalized spacial score (nSPS) is 23.7. The van der Waals surface area contributed by atoms with E-state index in [0.717, 1.165) is 9.13 Å². The highest BCUT2D eigenvalue weighted by Gasteiger charge is 2.46. The van der Waals surface area contributed by atoms with Crippen molar-refractivity contribution >= 4 is 17.1 Å². The summed E-state index contributed by atoms with van der Waals surface area (Å²) >= 11 is 0. The third-order valence-corrected chi connectivity index (χ3v) is 4.95. The first kappa shape index (κ1) is 19.8.